The fourth-order valence-corrected chi connectivity index (χ4v) is 2.08. The van der Waals surface area contributed by atoms with Crippen molar-refractivity contribution in [2.75, 3.05) is 13.7 Å². The molecule has 2 N–H and O–H groups in total. The summed E-state index contributed by atoms with van der Waals surface area (Å²) in [6.45, 7) is 2.96. The molecule has 0 atom stereocenters. The Labute approximate surface area is 123 Å². The standard InChI is InChI=1S/C16H19NO4/c1-11-15(16(18)19)9-14(21-11)10-17-8-7-12-3-5-13(20-2)6-4-12/h3-6,9,17H,7-8,10H2,1-2H3,(H,18,19). The Morgan fingerprint density at radius 1 is 1.33 bits per heavy atom. The number of hydrogen-bond donors (Lipinski definition) is 2. The minimum absolute atomic E-state index is 0.224. The van der Waals surface area contributed by atoms with Crippen molar-refractivity contribution in [2.24, 2.45) is 0 Å². The molecule has 0 saturated heterocycles. The van der Waals surface area contributed by atoms with Crippen LogP contribution in [0, 0.1) is 6.92 Å². The Kier molecular flexibility index (Phi) is 5.00. The van der Waals surface area contributed by atoms with Crippen molar-refractivity contribution in [2.45, 2.75) is 19.9 Å². The van der Waals surface area contributed by atoms with Gasteiger partial charge in [-0.1, -0.05) is 12.1 Å². The number of aromatic carboxylic acids is 1. The molecule has 1 aromatic carbocycles. The van der Waals surface area contributed by atoms with Crippen LogP contribution in [-0.4, -0.2) is 24.7 Å². The van der Waals surface area contributed by atoms with Crippen LogP contribution >= 0.6 is 0 Å². The molecule has 0 radical (unpaired) electrons. The molecule has 2 aromatic rings. The van der Waals surface area contributed by atoms with Gasteiger partial charge in [0.25, 0.3) is 0 Å². The fourth-order valence-electron chi connectivity index (χ4n) is 2.08. The quantitative estimate of drug-likeness (QED) is 0.767. The number of rotatable bonds is 7. The first-order chi connectivity index (χ1) is 10.1. The number of aryl methyl sites for hydroxylation is 1. The maximum absolute atomic E-state index is 10.9. The van der Waals surface area contributed by atoms with Crippen molar-refractivity contribution >= 4 is 5.97 Å². The smallest absolute Gasteiger partial charge is 0.339 e. The minimum Gasteiger partial charge on any atom is -0.497 e. The number of hydrogen-bond acceptors (Lipinski definition) is 4. The molecule has 112 valence electrons. The Morgan fingerprint density at radius 3 is 2.62 bits per heavy atom. The monoisotopic (exact) mass is 289 g/mol. The Hall–Kier alpha value is -2.27. The Balaban J connectivity index is 1.79. The number of carbonyl (C=O) groups is 1. The number of nitrogens with one attached hydrogen (secondary N) is 1. The largest absolute Gasteiger partial charge is 0.497 e. The molecule has 5 heteroatoms. The number of furan rings is 1. The molecule has 0 aliphatic carbocycles. The van der Waals surface area contributed by atoms with Crippen LogP contribution in [-0.2, 0) is 13.0 Å². The van der Waals surface area contributed by atoms with Crippen LogP contribution in [0.4, 0.5) is 0 Å². The lowest BCUT2D eigenvalue weighted by molar-refractivity contribution is 0.0695. The van der Waals surface area contributed by atoms with Gasteiger partial charge in [-0.15, -0.1) is 0 Å². The molecule has 0 bridgehead atoms. The number of carboxylic acid groups (broad SMARTS) is 1. The van der Waals surface area contributed by atoms with Crippen LogP contribution in [0.15, 0.2) is 34.7 Å². The molecule has 1 aromatic heterocycles. The summed E-state index contributed by atoms with van der Waals surface area (Å²) in [6.07, 6.45) is 0.884. The van der Waals surface area contributed by atoms with Gasteiger partial charge in [0, 0.05) is 0 Å². The molecule has 0 saturated carbocycles. The molecule has 0 fully saturated rings. The third kappa shape index (κ3) is 4.10. The average Bonchev–Trinajstić information content (AvgIpc) is 2.85. The fraction of sp³-hybridized carbons (Fsp3) is 0.312. The second-order valence-corrected chi connectivity index (χ2v) is 4.76. The van der Waals surface area contributed by atoms with E-state index in [9.17, 15) is 4.79 Å². The van der Waals surface area contributed by atoms with Crippen LogP contribution in [0.1, 0.15) is 27.4 Å². The lowest BCUT2D eigenvalue weighted by Gasteiger charge is -2.04. The summed E-state index contributed by atoms with van der Waals surface area (Å²) in [5.41, 5.74) is 1.44. The predicted octanol–water partition coefficient (Wildman–Crippen LogP) is 2.63. The molecule has 1 heterocycles. The zero-order valence-corrected chi connectivity index (χ0v) is 12.2. The van der Waals surface area contributed by atoms with E-state index in [1.54, 1.807) is 20.1 Å². The van der Waals surface area contributed by atoms with E-state index < -0.39 is 5.97 Å². The minimum atomic E-state index is -0.958. The van der Waals surface area contributed by atoms with Gasteiger partial charge in [-0.3, -0.25) is 0 Å². The first-order valence-electron chi connectivity index (χ1n) is 6.76. The van der Waals surface area contributed by atoms with Crippen LogP contribution in [0.25, 0.3) is 0 Å². The van der Waals surface area contributed by atoms with Crippen molar-refractivity contribution in [3.8, 4) is 5.75 Å². The topological polar surface area (TPSA) is 71.7 Å². The number of methoxy groups -OCH3 is 1. The summed E-state index contributed by atoms with van der Waals surface area (Å²) in [5, 5.41) is 12.2. The molecule has 5 nitrogen and oxygen atoms in total. The molecule has 0 aliphatic heterocycles. The third-order valence-corrected chi connectivity index (χ3v) is 3.25. The van der Waals surface area contributed by atoms with E-state index in [2.05, 4.69) is 5.32 Å². The van der Waals surface area contributed by atoms with Crippen LogP contribution < -0.4 is 10.1 Å². The summed E-state index contributed by atoms with van der Waals surface area (Å²) in [4.78, 5) is 10.9. The van der Waals surface area contributed by atoms with Gasteiger partial charge in [-0.2, -0.15) is 0 Å². The van der Waals surface area contributed by atoms with Gasteiger partial charge in [0.05, 0.1) is 13.7 Å². The third-order valence-electron chi connectivity index (χ3n) is 3.25. The van der Waals surface area contributed by atoms with Crippen molar-refractivity contribution in [1.82, 2.24) is 5.32 Å². The van der Waals surface area contributed by atoms with Crippen molar-refractivity contribution in [3.63, 3.8) is 0 Å². The molecule has 2 rings (SSSR count). The van der Waals surface area contributed by atoms with Gasteiger partial charge in [-0.05, 0) is 43.7 Å². The van der Waals surface area contributed by atoms with Gasteiger partial charge >= 0.3 is 5.97 Å². The maximum atomic E-state index is 10.9. The summed E-state index contributed by atoms with van der Waals surface area (Å²) in [5.74, 6) is 0.966. The highest BCUT2D eigenvalue weighted by Gasteiger charge is 2.13. The molecular formula is C16H19NO4. The highest BCUT2D eigenvalue weighted by Crippen LogP contribution is 2.14. The predicted molar refractivity (Wildman–Crippen MR) is 78.8 cm³/mol. The second kappa shape index (κ2) is 6.95. The van der Waals surface area contributed by atoms with Crippen LogP contribution in [0.3, 0.4) is 0 Å². The Morgan fingerprint density at radius 2 is 2.05 bits per heavy atom. The summed E-state index contributed by atoms with van der Waals surface area (Å²) in [7, 11) is 1.65. The zero-order valence-electron chi connectivity index (χ0n) is 12.2. The molecule has 0 amide bonds. The van der Waals surface area contributed by atoms with Gasteiger partial charge in [0.15, 0.2) is 0 Å². The van der Waals surface area contributed by atoms with Crippen molar-refractivity contribution in [3.05, 3.63) is 53.0 Å². The van der Waals surface area contributed by atoms with Gasteiger partial charge in [0.2, 0.25) is 0 Å². The molecule has 0 unspecified atom stereocenters. The average molecular weight is 289 g/mol. The van der Waals surface area contributed by atoms with Gasteiger partial charge < -0.3 is 19.6 Å². The lowest BCUT2D eigenvalue weighted by Crippen LogP contribution is -2.16. The lowest BCUT2D eigenvalue weighted by atomic mass is 10.1. The normalized spacial score (nSPS) is 10.6. The number of carboxylic acids is 1. The highest BCUT2D eigenvalue weighted by molar-refractivity contribution is 5.88. The van der Waals surface area contributed by atoms with E-state index in [4.69, 9.17) is 14.3 Å². The first-order valence-corrected chi connectivity index (χ1v) is 6.76. The Bertz CT molecular complexity index is 601. The zero-order chi connectivity index (χ0) is 15.2. The van der Waals surface area contributed by atoms with E-state index in [1.807, 2.05) is 24.3 Å². The maximum Gasteiger partial charge on any atom is 0.339 e. The number of ether oxygens (including phenoxy) is 1. The summed E-state index contributed by atoms with van der Waals surface area (Å²) < 4.78 is 10.5. The van der Waals surface area contributed by atoms with E-state index in [0.717, 1.165) is 18.7 Å². The summed E-state index contributed by atoms with van der Waals surface area (Å²) in [6, 6.07) is 9.49. The molecular weight excluding hydrogens is 270 g/mol. The molecule has 21 heavy (non-hydrogen) atoms. The van der Waals surface area contributed by atoms with Crippen molar-refractivity contribution in [1.29, 1.82) is 0 Å². The molecule has 0 aliphatic rings. The molecule has 0 spiro atoms. The summed E-state index contributed by atoms with van der Waals surface area (Å²) >= 11 is 0. The first kappa shape index (κ1) is 15.1. The van der Waals surface area contributed by atoms with E-state index in [0.29, 0.717) is 18.1 Å². The van der Waals surface area contributed by atoms with Gasteiger partial charge in [-0.25, -0.2) is 4.79 Å². The highest BCUT2D eigenvalue weighted by atomic mass is 16.5. The van der Waals surface area contributed by atoms with Crippen molar-refractivity contribution < 1.29 is 19.1 Å². The van der Waals surface area contributed by atoms with E-state index in [-0.39, 0.29) is 5.56 Å². The van der Waals surface area contributed by atoms with Crippen LogP contribution in [0.2, 0.25) is 0 Å². The number of benzene rings is 1. The van der Waals surface area contributed by atoms with Crippen LogP contribution in [0.5, 0.6) is 5.75 Å². The van der Waals surface area contributed by atoms with Gasteiger partial charge in [0.1, 0.15) is 22.8 Å². The SMILES string of the molecule is COc1ccc(CCNCc2cc(C(=O)O)c(C)o2)cc1. The van der Waals surface area contributed by atoms with E-state index in [1.165, 1.54) is 5.56 Å². The van der Waals surface area contributed by atoms with E-state index >= 15 is 0 Å². The second-order valence-electron chi connectivity index (χ2n) is 4.76.